The Morgan fingerprint density at radius 2 is 1.50 bits per heavy atom. The molecule has 1 aliphatic heterocycles. The molecule has 2 atom stereocenters. The lowest BCUT2D eigenvalue weighted by Gasteiger charge is -2.29. The largest absolute Gasteiger partial charge is 0.504 e. The van der Waals surface area contributed by atoms with E-state index in [0.29, 0.717) is 46.1 Å². The van der Waals surface area contributed by atoms with Gasteiger partial charge in [-0.3, -0.25) is 0 Å². The second-order valence-corrected chi connectivity index (χ2v) is 7.54. The summed E-state index contributed by atoms with van der Waals surface area (Å²) in [4.78, 5) is 0. The first-order chi connectivity index (χ1) is 13.5. The average Bonchev–Trinajstić information content (AvgIpc) is 3.14. The van der Waals surface area contributed by atoms with E-state index < -0.39 is 0 Å². The maximum absolute atomic E-state index is 11.2. The van der Waals surface area contributed by atoms with Crippen LogP contribution in [0.25, 0.3) is 11.1 Å². The molecule has 0 unspecified atom stereocenters. The molecule has 0 aromatic heterocycles. The Bertz CT molecular complexity index is 920. The minimum atomic E-state index is 0.0528. The molecule has 0 saturated carbocycles. The molecule has 1 aliphatic carbocycles. The van der Waals surface area contributed by atoms with Crippen LogP contribution in [0.15, 0.2) is 12.1 Å². The topological polar surface area (TPSA) is 66.4 Å². The molecule has 1 heterocycles. The van der Waals surface area contributed by atoms with Crippen molar-refractivity contribution in [2.45, 2.75) is 26.7 Å². The van der Waals surface area contributed by atoms with Crippen LogP contribution in [0, 0.1) is 11.8 Å². The van der Waals surface area contributed by atoms with Gasteiger partial charge in [-0.25, -0.2) is 0 Å². The maximum atomic E-state index is 11.2. The number of rotatable bonds is 3. The van der Waals surface area contributed by atoms with Crippen LogP contribution in [-0.2, 0) is 12.8 Å². The first kappa shape index (κ1) is 18.6. The van der Waals surface area contributed by atoms with Crippen LogP contribution in [0.4, 0.5) is 0 Å². The van der Waals surface area contributed by atoms with Gasteiger partial charge in [0.05, 0.1) is 21.3 Å². The number of hydrogen-bond acceptors (Lipinski definition) is 6. The SMILES string of the molecule is COc1cc2c(c(O)c1OC)-c1c(cc3c(c1OC)OCO3)C[C@H](C)[C@H](C)C2. The second-order valence-electron chi connectivity index (χ2n) is 7.54. The first-order valence-electron chi connectivity index (χ1n) is 9.46. The lowest BCUT2D eigenvalue weighted by atomic mass is 9.77. The summed E-state index contributed by atoms with van der Waals surface area (Å²) in [5.41, 5.74) is 3.59. The maximum Gasteiger partial charge on any atom is 0.231 e. The van der Waals surface area contributed by atoms with Gasteiger partial charge in [-0.1, -0.05) is 13.8 Å². The van der Waals surface area contributed by atoms with Gasteiger partial charge in [0.15, 0.2) is 23.0 Å². The quantitative estimate of drug-likeness (QED) is 0.853. The normalized spacial score (nSPS) is 19.9. The number of methoxy groups -OCH3 is 3. The van der Waals surface area contributed by atoms with Crippen molar-refractivity contribution in [2.75, 3.05) is 28.1 Å². The molecule has 2 aromatic rings. The first-order valence-corrected chi connectivity index (χ1v) is 9.46. The molecule has 0 spiro atoms. The highest BCUT2D eigenvalue weighted by molar-refractivity contribution is 5.88. The molecule has 6 heteroatoms. The van der Waals surface area contributed by atoms with Crippen molar-refractivity contribution in [3.8, 4) is 45.6 Å². The number of benzene rings is 2. The minimum Gasteiger partial charge on any atom is -0.504 e. The number of ether oxygens (including phenoxy) is 5. The van der Waals surface area contributed by atoms with Crippen LogP contribution in [0.2, 0.25) is 0 Å². The standard InChI is InChI=1S/C22H26O6/c1-11-6-13-8-15(24-3)20(25-4)19(23)17(13)18-14(7-12(11)2)9-16-21(22(18)26-5)28-10-27-16/h8-9,11-12,23H,6-7,10H2,1-5H3/t11-,12+/m1/s1. The van der Waals surface area contributed by atoms with Gasteiger partial charge in [-0.2, -0.15) is 0 Å². The summed E-state index contributed by atoms with van der Waals surface area (Å²) in [5.74, 6) is 3.56. The molecule has 2 aliphatic rings. The Morgan fingerprint density at radius 3 is 2.11 bits per heavy atom. The zero-order chi connectivity index (χ0) is 20.0. The predicted molar refractivity (Wildman–Crippen MR) is 105 cm³/mol. The van der Waals surface area contributed by atoms with Gasteiger partial charge in [0.1, 0.15) is 0 Å². The molecule has 0 bridgehead atoms. The lowest BCUT2D eigenvalue weighted by Crippen LogP contribution is -2.18. The highest BCUT2D eigenvalue weighted by atomic mass is 16.7. The summed E-state index contributed by atoms with van der Waals surface area (Å²) in [6.45, 7) is 4.64. The van der Waals surface area contributed by atoms with Crippen molar-refractivity contribution >= 4 is 0 Å². The molecule has 28 heavy (non-hydrogen) atoms. The number of aromatic hydroxyl groups is 1. The third kappa shape index (κ3) is 2.70. The van der Waals surface area contributed by atoms with Crippen LogP contribution < -0.4 is 23.7 Å². The second kappa shape index (κ2) is 7.00. The van der Waals surface area contributed by atoms with Gasteiger partial charge in [-0.05, 0) is 47.9 Å². The van der Waals surface area contributed by atoms with Gasteiger partial charge in [0.2, 0.25) is 18.3 Å². The average molecular weight is 386 g/mol. The number of fused-ring (bicyclic) bond motifs is 4. The van der Waals surface area contributed by atoms with Crippen molar-refractivity contribution < 1.29 is 28.8 Å². The van der Waals surface area contributed by atoms with Crippen LogP contribution in [0.1, 0.15) is 25.0 Å². The van der Waals surface area contributed by atoms with Gasteiger partial charge in [0.25, 0.3) is 0 Å². The monoisotopic (exact) mass is 386 g/mol. The summed E-state index contributed by atoms with van der Waals surface area (Å²) in [7, 11) is 4.71. The third-order valence-electron chi connectivity index (χ3n) is 5.94. The van der Waals surface area contributed by atoms with E-state index in [-0.39, 0.29) is 12.5 Å². The molecule has 0 amide bonds. The van der Waals surface area contributed by atoms with E-state index in [1.54, 1.807) is 14.2 Å². The number of phenolic OH excluding ortho intramolecular Hbond substituents is 1. The van der Waals surface area contributed by atoms with Gasteiger partial charge in [0, 0.05) is 11.1 Å². The van der Waals surface area contributed by atoms with Gasteiger partial charge >= 0.3 is 0 Å². The van der Waals surface area contributed by atoms with Crippen LogP contribution >= 0.6 is 0 Å². The summed E-state index contributed by atoms with van der Waals surface area (Å²) in [6, 6.07) is 3.96. The summed E-state index contributed by atoms with van der Waals surface area (Å²) >= 11 is 0. The van der Waals surface area contributed by atoms with E-state index in [2.05, 4.69) is 13.8 Å². The van der Waals surface area contributed by atoms with Crippen LogP contribution in [-0.4, -0.2) is 33.2 Å². The van der Waals surface area contributed by atoms with Gasteiger partial charge in [-0.15, -0.1) is 0 Å². The van der Waals surface area contributed by atoms with Crippen LogP contribution in [0.5, 0.6) is 34.5 Å². The molecule has 150 valence electrons. The van der Waals surface area contributed by atoms with Crippen molar-refractivity contribution in [3.63, 3.8) is 0 Å². The smallest absolute Gasteiger partial charge is 0.231 e. The Hall–Kier alpha value is -2.76. The van der Waals surface area contributed by atoms with E-state index in [0.717, 1.165) is 29.5 Å². The molecule has 0 saturated heterocycles. The number of phenols is 1. The van der Waals surface area contributed by atoms with Crippen molar-refractivity contribution in [2.24, 2.45) is 11.8 Å². The highest BCUT2D eigenvalue weighted by Crippen LogP contribution is 2.56. The summed E-state index contributed by atoms with van der Waals surface area (Å²) in [6.07, 6.45) is 1.65. The number of hydrogen-bond donors (Lipinski definition) is 1. The lowest BCUT2D eigenvalue weighted by molar-refractivity contribution is 0.171. The van der Waals surface area contributed by atoms with Crippen molar-refractivity contribution in [1.29, 1.82) is 0 Å². The summed E-state index contributed by atoms with van der Waals surface area (Å²) in [5, 5.41) is 11.2. The molecule has 0 radical (unpaired) electrons. The third-order valence-corrected chi connectivity index (χ3v) is 5.94. The van der Waals surface area contributed by atoms with Crippen molar-refractivity contribution in [1.82, 2.24) is 0 Å². The van der Waals surface area contributed by atoms with Crippen molar-refractivity contribution in [3.05, 3.63) is 23.3 Å². The van der Waals surface area contributed by atoms with Crippen LogP contribution in [0.3, 0.4) is 0 Å². The fourth-order valence-electron chi connectivity index (χ4n) is 4.26. The van der Waals surface area contributed by atoms with E-state index in [1.165, 1.54) is 7.11 Å². The molecule has 0 fully saturated rings. The zero-order valence-corrected chi connectivity index (χ0v) is 16.9. The Balaban J connectivity index is 2.10. The molecule has 2 aromatic carbocycles. The highest BCUT2D eigenvalue weighted by Gasteiger charge is 2.33. The molecule has 1 N–H and O–H groups in total. The minimum absolute atomic E-state index is 0.0528. The molecule has 6 nitrogen and oxygen atoms in total. The Labute approximate surface area is 164 Å². The fraction of sp³-hybridized carbons (Fsp3) is 0.455. The molecular formula is C22H26O6. The van der Waals surface area contributed by atoms with Gasteiger partial charge < -0.3 is 28.8 Å². The van der Waals surface area contributed by atoms with E-state index in [1.807, 2.05) is 12.1 Å². The van der Waals surface area contributed by atoms with E-state index in [9.17, 15) is 5.11 Å². The van der Waals surface area contributed by atoms with E-state index in [4.69, 9.17) is 23.7 Å². The summed E-state index contributed by atoms with van der Waals surface area (Å²) < 4.78 is 28.0. The predicted octanol–water partition coefficient (Wildman–Crippen LogP) is 4.18. The molecular weight excluding hydrogens is 360 g/mol. The molecule has 4 rings (SSSR count). The Morgan fingerprint density at radius 1 is 0.857 bits per heavy atom. The Kier molecular flexibility index (Phi) is 4.65. The fourth-order valence-corrected chi connectivity index (χ4v) is 4.26. The van der Waals surface area contributed by atoms with E-state index >= 15 is 0 Å². The zero-order valence-electron chi connectivity index (χ0n) is 16.9.